The maximum atomic E-state index is 11.8. The molecule has 170 valence electrons. The quantitative estimate of drug-likeness (QED) is 0.211. The first-order chi connectivity index (χ1) is 14.5. The van der Waals surface area contributed by atoms with E-state index in [4.69, 9.17) is 4.74 Å². The number of ether oxygens (including phenoxy) is 1. The minimum absolute atomic E-state index is 0.0634. The van der Waals surface area contributed by atoms with Gasteiger partial charge < -0.3 is 15.4 Å². The Bertz CT molecular complexity index is 1050. The number of nitrogens with zero attached hydrogens (tertiary/aromatic N) is 3. The molecule has 0 aromatic heterocycles. The number of methoxy groups -OCH3 is 1. The van der Waals surface area contributed by atoms with Crippen molar-refractivity contribution in [3.63, 3.8) is 0 Å². The number of allylic oxidation sites excluding steroid dienone is 3. The van der Waals surface area contributed by atoms with Gasteiger partial charge in [0.15, 0.2) is 0 Å². The Morgan fingerprint density at radius 3 is 2.55 bits per heavy atom. The molecule has 0 aliphatic heterocycles. The van der Waals surface area contributed by atoms with Gasteiger partial charge in [-0.1, -0.05) is 18.7 Å². The molecule has 1 aromatic carbocycles. The minimum Gasteiger partial charge on any atom is -0.495 e. The smallest absolute Gasteiger partial charge is 0.296 e. The van der Waals surface area contributed by atoms with Gasteiger partial charge in [0.25, 0.3) is 10.1 Å². The number of nitrogens with one attached hydrogen (secondary N) is 2. The van der Waals surface area contributed by atoms with Gasteiger partial charge in [0.1, 0.15) is 21.7 Å². The third-order valence-electron chi connectivity index (χ3n) is 4.53. The highest BCUT2D eigenvalue weighted by Gasteiger charge is 2.27. The van der Waals surface area contributed by atoms with E-state index in [2.05, 4.69) is 20.9 Å². The fraction of sp³-hybridized carbons (Fsp3) is 0.444. The van der Waals surface area contributed by atoms with Crippen LogP contribution in [0.15, 0.2) is 49.6 Å². The van der Waals surface area contributed by atoms with Crippen molar-refractivity contribution in [2.45, 2.75) is 30.5 Å². The molecule has 0 bridgehead atoms. The van der Waals surface area contributed by atoms with Crippen LogP contribution in [0.4, 0.5) is 11.4 Å². The van der Waals surface area contributed by atoms with Gasteiger partial charge in [-0.3, -0.25) is 14.7 Å². The molecule has 0 spiro atoms. The Balaban J connectivity index is 2.38. The van der Waals surface area contributed by atoms with Crippen LogP contribution in [0.1, 0.15) is 20.3 Å². The average molecular weight is 472 g/mol. The van der Waals surface area contributed by atoms with Crippen LogP contribution in [-0.2, 0) is 10.1 Å². The third kappa shape index (κ3) is 5.95. The third-order valence-corrected chi connectivity index (χ3v) is 6.44. The van der Waals surface area contributed by atoms with E-state index in [-0.39, 0.29) is 17.3 Å². The van der Waals surface area contributed by atoms with Gasteiger partial charge in [-0.2, -0.15) is 18.6 Å². The summed E-state index contributed by atoms with van der Waals surface area (Å²) in [6, 6.07) is 2.55. The number of rotatable bonds is 9. The maximum absolute atomic E-state index is 11.8. The largest absolute Gasteiger partial charge is 0.495 e. The van der Waals surface area contributed by atoms with Gasteiger partial charge in [-0.25, -0.2) is 0 Å². The zero-order valence-corrected chi connectivity index (χ0v) is 19.4. The van der Waals surface area contributed by atoms with Crippen LogP contribution in [0.5, 0.6) is 5.75 Å². The van der Waals surface area contributed by atoms with E-state index in [0.29, 0.717) is 22.8 Å². The number of benzene rings is 1. The SMILES string of the molecule is CNC1=C(SC(C)N=Nc2cc(OC)c(NC)cc2S(=O)(=O)O)C=C([N+](=O)[O-])CC1C. The Hall–Kier alpha value is -2.64. The van der Waals surface area contributed by atoms with E-state index >= 15 is 0 Å². The molecule has 0 saturated carbocycles. The fourth-order valence-electron chi connectivity index (χ4n) is 3.09. The van der Waals surface area contributed by atoms with Crippen LogP contribution in [0.3, 0.4) is 0 Å². The second kappa shape index (κ2) is 10.1. The van der Waals surface area contributed by atoms with Crippen molar-refractivity contribution in [3.8, 4) is 5.75 Å². The lowest BCUT2D eigenvalue weighted by Gasteiger charge is -2.22. The Labute approximate surface area is 184 Å². The average Bonchev–Trinajstić information content (AvgIpc) is 2.70. The van der Waals surface area contributed by atoms with Crippen LogP contribution in [0.2, 0.25) is 0 Å². The first-order valence-electron chi connectivity index (χ1n) is 9.23. The molecule has 13 heteroatoms. The first kappa shape index (κ1) is 24.6. The molecule has 0 amide bonds. The minimum atomic E-state index is -4.56. The Kier molecular flexibility index (Phi) is 8.03. The van der Waals surface area contributed by atoms with Crippen LogP contribution in [0.25, 0.3) is 0 Å². The normalized spacial score (nSPS) is 18.0. The molecule has 3 N–H and O–H groups in total. The molecular formula is C18H25N5O6S2. The molecule has 0 fully saturated rings. The number of hydrogen-bond donors (Lipinski definition) is 3. The predicted molar refractivity (Wildman–Crippen MR) is 119 cm³/mol. The highest BCUT2D eigenvalue weighted by Crippen LogP contribution is 2.38. The molecule has 0 radical (unpaired) electrons. The summed E-state index contributed by atoms with van der Waals surface area (Å²) < 4.78 is 38.4. The van der Waals surface area contributed by atoms with Crippen molar-refractivity contribution in [2.75, 3.05) is 26.5 Å². The summed E-state index contributed by atoms with van der Waals surface area (Å²) in [6.07, 6.45) is 1.83. The lowest BCUT2D eigenvalue weighted by molar-refractivity contribution is -0.429. The summed E-state index contributed by atoms with van der Waals surface area (Å²) in [6.45, 7) is 3.61. The van der Waals surface area contributed by atoms with Gasteiger partial charge in [-0.15, -0.1) is 0 Å². The van der Waals surface area contributed by atoms with E-state index in [1.807, 2.05) is 6.92 Å². The van der Waals surface area contributed by atoms with Crippen molar-refractivity contribution >= 4 is 33.3 Å². The second-order valence-corrected chi connectivity index (χ2v) is 9.45. The molecule has 2 atom stereocenters. The topological polar surface area (TPSA) is 156 Å². The second-order valence-electron chi connectivity index (χ2n) is 6.70. The van der Waals surface area contributed by atoms with E-state index in [0.717, 1.165) is 5.70 Å². The number of anilines is 1. The number of thioether (sulfide) groups is 1. The number of azo groups is 1. The van der Waals surface area contributed by atoms with Gasteiger partial charge in [-0.05, 0) is 13.0 Å². The van der Waals surface area contributed by atoms with Crippen LogP contribution < -0.4 is 15.4 Å². The number of hydrogen-bond acceptors (Lipinski definition) is 10. The van der Waals surface area contributed by atoms with Gasteiger partial charge in [0, 0.05) is 49.2 Å². The highest BCUT2D eigenvalue weighted by atomic mass is 32.2. The Morgan fingerprint density at radius 2 is 2.03 bits per heavy atom. The molecule has 11 nitrogen and oxygen atoms in total. The number of nitro groups is 1. The van der Waals surface area contributed by atoms with Crippen LogP contribution in [0, 0.1) is 16.0 Å². The van der Waals surface area contributed by atoms with E-state index in [1.165, 1.54) is 37.1 Å². The molecule has 0 heterocycles. The molecule has 1 aromatic rings. The summed E-state index contributed by atoms with van der Waals surface area (Å²) in [7, 11) is 0.179. The fourth-order valence-corrected chi connectivity index (χ4v) is 4.82. The van der Waals surface area contributed by atoms with Crippen molar-refractivity contribution in [1.82, 2.24) is 5.32 Å². The van der Waals surface area contributed by atoms with Crippen molar-refractivity contribution in [1.29, 1.82) is 0 Å². The molecule has 2 rings (SSSR count). The van der Waals surface area contributed by atoms with E-state index in [9.17, 15) is 23.1 Å². The highest BCUT2D eigenvalue weighted by molar-refractivity contribution is 8.03. The zero-order chi connectivity index (χ0) is 23.3. The summed E-state index contributed by atoms with van der Waals surface area (Å²) in [5.41, 5.74) is 1.23. The zero-order valence-electron chi connectivity index (χ0n) is 17.7. The monoisotopic (exact) mass is 471 g/mol. The standard InChI is InChI=1S/C18H25N5O6S2/c1-10-6-12(23(24)25)7-16(18(10)20-4)30-11(2)21-22-14-8-15(29-5)13(19-3)9-17(14)31(26,27)28/h7-11,19-20H,6H2,1-5H3,(H,26,27,28). The lowest BCUT2D eigenvalue weighted by atomic mass is 9.96. The van der Waals surface area contributed by atoms with Crippen molar-refractivity contribution in [3.05, 3.63) is 44.6 Å². The van der Waals surface area contributed by atoms with E-state index in [1.54, 1.807) is 21.0 Å². The molecular weight excluding hydrogens is 446 g/mol. The molecule has 1 aliphatic carbocycles. The molecule has 1 aliphatic rings. The summed E-state index contributed by atoms with van der Waals surface area (Å²) in [4.78, 5) is 11.1. The van der Waals surface area contributed by atoms with Crippen molar-refractivity contribution in [2.24, 2.45) is 16.1 Å². The summed E-state index contributed by atoms with van der Waals surface area (Å²) in [5, 5.41) is 24.7. The van der Waals surface area contributed by atoms with Gasteiger partial charge in [0.05, 0.1) is 17.7 Å². The summed E-state index contributed by atoms with van der Waals surface area (Å²) >= 11 is 1.25. The van der Waals surface area contributed by atoms with Gasteiger partial charge >= 0.3 is 0 Å². The Morgan fingerprint density at radius 1 is 1.35 bits per heavy atom. The molecule has 31 heavy (non-hydrogen) atoms. The van der Waals surface area contributed by atoms with Crippen LogP contribution >= 0.6 is 11.8 Å². The van der Waals surface area contributed by atoms with Crippen LogP contribution in [-0.4, -0.2) is 44.5 Å². The molecule has 0 saturated heterocycles. The molecule has 2 unspecified atom stereocenters. The summed E-state index contributed by atoms with van der Waals surface area (Å²) in [5.74, 6) is 0.260. The lowest BCUT2D eigenvalue weighted by Crippen LogP contribution is -2.21. The van der Waals surface area contributed by atoms with E-state index < -0.39 is 25.3 Å². The predicted octanol–water partition coefficient (Wildman–Crippen LogP) is 3.78. The first-order valence-corrected chi connectivity index (χ1v) is 11.5. The van der Waals surface area contributed by atoms with Crippen molar-refractivity contribution < 1.29 is 22.6 Å². The van der Waals surface area contributed by atoms with Gasteiger partial charge in [0.2, 0.25) is 5.70 Å². The maximum Gasteiger partial charge on any atom is 0.296 e.